The summed E-state index contributed by atoms with van der Waals surface area (Å²) in [5, 5.41) is 15.0. The molecule has 1 aliphatic heterocycles. The van der Waals surface area contributed by atoms with Crippen LogP contribution in [0.4, 0.5) is 5.69 Å². The van der Waals surface area contributed by atoms with Crippen molar-refractivity contribution in [2.45, 2.75) is 6.92 Å². The topological polar surface area (TPSA) is 85.2 Å². The first-order valence-electron chi connectivity index (χ1n) is 7.09. The molecule has 2 rings (SSSR count). The first kappa shape index (κ1) is 15.7. The first-order valence-corrected chi connectivity index (χ1v) is 7.09. The maximum absolute atomic E-state index is 12.2. The number of anilines is 1. The van der Waals surface area contributed by atoms with E-state index in [9.17, 15) is 14.9 Å². The Morgan fingerprint density at radius 1 is 1.36 bits per heavy atom. The highest BCUT2D eigenvalue weighted by Gasteiger charge is 2.13. The van der Waals surface area contributed by atoms with Crippen LogP contribution < -0.4 is 10.6 Å². The van der Waals surface area contributed by atoms with Gasteiger partial charge in [-0.1, -0.05) is 12.1 Å². The maximum Gasteiger partial charge on any atom is 0.267 e. The zero-order chi connectivity index (χ0) is 15.9. The summed E-state index contributed by atoms with van der Waals surface area (Å²) in [6, 6.07) is 8.58. The van der Waals surface area contributed by atoms with Crippen molar-refractivity contribution in [1.29, 1.82) is 5.26 Å². The molecule has 1 fully saturated rings. The third kappa shape index (κ3) is 4.17. The molecule has 0 aromatic heterocycles. The summed E-state index contributed by atoms with van der Waals surface area (Å²) in [5.74, 6) is -0.547. The van der Waals surface area contributed by atoms with Crippen LogP contribution in [-0.2, 0) is 4.79 Å². The van der Waals surface area contributed by atoms with Gasteiger partial charge < -0.3 is 15.5 Å². The van der Waals surface area contributed by atoms with Crippen LogP contribution in [0.5, 0.6) is 0 Å². The molecule has 6 nitrogen and oxygen atoms in total. The van der Waals surface area contributed by atoms with Crippen LogP contribution in [0.25, 0.3) is 0 Å². The zero-order valence-corrected chi connectivity index (χ0v) is 12.4. The van der Waals surface area contributed by atoms with E-state index in [1.807, 2.05) is 11.0 Å². The van der Waals surface area contributed by atoms with Crippen molar-refractivity contribution in [3.8, 4) is 6.07 Å². The molecular weight excluding hydrogens is 280 g/mol. The Morgan fingerprint density at radius 2 is 2.09 bits per heavy atom. The smallest absolute Gasteiger partial charge is 0.267 e. The molecule has 114 valence electrons. The lowest BCUT2D eigenvalue weighted by molar-refractivity contribution is -0.112. The summed E-state index contributed by atoms with van der Waals surface area (Å²) in [7, 11) is 0. The van der Waals surface area contributed by atoms with Gasteiger partial charge in [-0.05, 0) is 19.1 Å². The zero-order valence-electron chi connectivity index (χ0n) is 12.4. The number of Topliss-reactive ketones (excluding diaryl/α,β-unsaturated/α-hetero) is 1. The molecule has 22 heavy (non-hydrogen) atoms. The van der Waals surface area contributed by atoms with Gasteiger partial charge in [0.25, 0.3) is 5.91 Å². The normalized spacial score (nSPS) is 15.1. The van der Waals surface area contributed by atoms with E-state index in [0.29, 0.717) is 11.3 Å². The summed E-state index contributed by atoms with van der Waals surface area (Å²) >= 11 is 0. The number of ketones is 1. The molecule has 0 bridgehead atoms. The fraction of sp³-hybridized carbons (Fsp3) is 0.312. The van der Waals surface area contributed by atoms with Crippen molar-refractivity contribution in [2.75, 3.05) is 31.5 Å². The fourth-order valence-corrected chi connectivity index (χ4v) is 2.15. The van der Waals surface area contributed by atoms with Crippen LogP contribution in [0.15, 0.2) is 36.0 Å². The number of amides is 1. The van der Waals surface area contributed by atoms with Crippen LogP contribution in [0.1, 0.15) is 17.3 Å². The van der Waals surface area contributed by atoms with Crippen molar-refractivity contribution in [2.24, 2.45) is 0 Å². The van der Waals surface area contributed by atoms with Crippen molar-refractivity contribution in [1.82, 2.24) is 10.2 Å². The van der Waals surface area contributed by atoms with Gasteiger partial charge in [0, 0.05) is 43.6 Å². The van der Waals surface area contributed by atoms with Gasteiger partial charge in [-0.15, -0.1) is 0 Å². The molecule has 1 heterocycles. The van der Waals surface area contributed by atoms with Gasteiger partial charge in [0.05, 0.1) is 0 Å². The van der Waals surface area contributed by atoms with Crippen LogP contribution in [-0.4, -0.2) is 42.8 Å². The second kappa shape index (κ2) is 7.38. The Bertz CT molecular complexity index is 640. The molecule has 1 aromatic carbocycles. The second-order valence-electron chi connectivity index (χ2n) is 5.03. The third-order valence-corrected chi connectivity index (χ3v) is 3.36. The number of hydrogen-bond acceptors (Lipinski definition) is 5. The molecule has 2 N–H and O–H groups in total. The Hall–Kier alpha value is -2.65. The monoisotopic (exact) mass is 298 g/mol. The van der Waals surface area contributed by atoms with Crippen LogP contribution in [0.3, 0.4) is 0 Å². The summed E-state index contributed by atoms with van der Waals surface area (Å²) < 4.78 is 0. The third-order valence-electron chi connectivity index (χ3n) is 3.36. The lowest BCUT2D eigenvalue weighted by atomic mass is 10.1. The predicted octanol–water partition coefficient (Wildman–Crippen LogP) is 1.14. The van der Waals surface area contributed by atoms with Crippen LogP contribution in [0.2, 0.25) is 0 Å². The highest BCUT2D eigenvalue weighted by Crippen LogP contribution is 2.12. The number of piperazine rings is 1. The number of rotatable bonds is 4. The first-order chi connectivity index (χ1) is 10.6. The summed E-state index contributed by atoms with van der Waals surface area (Å²) in [6.45, 7) is 4.65. The lowest BCUT2D eigenvalue weighted by Gasteiger charge is -2.26. The number of nitriles is 1. The predicted molar refractivity (Wildman–Crippen MR) is 83.2 cm³/mol. The largest absolute Gasteiger partial charge is 0.374 e. The van der Waals surface area contributed by atoms with Crippen LogP contribution >= 0.6 is 0 Å². The molecule has 0 aliphatic carbocycles. The van der Waals surface area contributed by atoms with E-state index < -0.39 is 5.91 Å². The number of carbonyl (C=O) groups is 2. The molecule has 6 heteroatoms. The number of benzene rings is 1. The summed E-state index contributed by atoms with van der Waals surface area (Å²) in [4.78, 5) is 25.5. The molecule has 0 saturated carbocycles. The minimum atomic E-state index is -0.471. The maximum atomic E-state index is 12.2. The molecule has 1 amide bonds. The average Bonchev–Trinajstić information content (AvgIpc) is 2.53. The van der Waals surface area contributed by atoms with E-state index in [-0.39, 0.29) is 11.4 Å². The molecule has 0 radical (unpaired) electrons. The van der Waals surface area contributed by atoms with Crippen molar-refractivity contribution < 1.29 is 9.59 Å². The lowest BCUT2D eigenvalue weighted by Crippen LogP contribution is -2.41. The van der Waals surface area contributed by atoms with E-state index in [4.69, 9.17) is 0 Å². The summed E-state index contributed by atoms with van der Waals surface area (Å²) in [5.41, 5.74) is 1.07. The number of hydrogen-bond donors (Lipinski definition) is 2. The number of carbonyl (C=O) groups excluding carboxylic acids is 2. The van der Waals surface area contributed by atoms with E-state index in [1.165, 1.54) is 6.92 Å². The fourth-order valence-electron chi connectivity index (χ4n) is 2.15. The Morgan fingerprint density at radius 3 is 2.73 bits per heavy atom. The molecular formula is C16H18N4O2. The second-order valence-corrected chi connectivity index (χ2v) is 5.03. The molecule has 1 aromatic rings. The highest BCUT2D eigenvalue weighted by atomic mass is 16.1. The van der Waals surface area contributed by atoms with Crippen molar-refractivity contribution in [3.05, 3.63) is 41.6 Å². The Labute approximate surface area is 129 Å². The van der Waals surface area contributed by atoms with E-state index in [1.54, 1.807) is 30.5 Å². The number of nitrogens with zero attached hydrogens (tertiary/aromatic N) is 2. The van der Waals surface area contributed by atoms with Gasteiger partial charge in [-0.2, -0.15) is 5.26 Å². The van der Waals surface area contributed by atoms with Crippen molar-refractivity contribution in [3.63, 3.8) is 0 Å². The van der Waals surface area contributed by atoms with E-state index >= 15 is 0 Å². The van der Waals surface area contributed by atoms with Crippen LogP contribution in [0, 0.1) is 11.3 Å². The van der Waals surface area contributed by atoms with Gasteiger partial charge in [0.2, 0.25) is 0 Å². The van der Waals surface area contributed by atoms with Gasteiger partial charge in [-0.3, -0.25) is 9.59 Å². The van der Waals surface area contributed by atoms with Gasteiger partial charge in [0.15, 0.2) is 5.78 Å². The molecule has 1 saturated heterocycles. The average molecular weight is 298 g/mol. The summed E-state index contributed by atoms with van der Waals surface area (Å²) in [6.07, 6.45) is 1.59. The quantitative estimate of drug-likeness (QED) is 0.494. The molecule has 1 aliphatic rings. The van der Waals surface area contributed by atoms with Crippen molar-refractivity contribution >= 4 is 17.4 Å². The van der Waals surface area contributed by atoms with E-state index in [0.717, 1.165) is 26.2 Å². The standard InChI is InChI=1S/C16H18N4O2/c1-12(21)13-3-2-4-15(9-13)19-16(22)14(10-17)11-20-7-5-18-6-8-20/h2-4,9,11,18H,5-8H2,1H3,(H,19,22)/b14-11-. The van der Waals surface area contributed by atoms with Gasteiger partial charge >= 0.3 is 0 Å². The molecule has 0 spiro atoms. The molecule has 0 unspecified atom stereocenters. The Kier molecular flexibility index (Phi) is 5.28. The van der Waals surface area contributed by atoms with E-state index in [2.05, 4.69) is 10.6 Å². The minimum absolute atomic E-state index is 0.0510. The highest BCUT2D eigenvalue weighted by molar-refractivity contribution is 6.07. The Balaban J connectivity index is 2.09. The van der Waals surface area contributed by atoms with Gasteiger partial charge in [-0.25, -0.2) is 0 Å². The SMILES string of the molecule is CC(=O)c1cccc(NC(=O)/C(C#N)=C\N2CCNCC2)c1. The minimum Gasteiger partial charge on any atom is -0.374 e. The van der Waals surface area contributed by atoms with Gasteiger partial charge in [0.1, 0.15) is 11.6 Å². The number of nitrogens with one attached hydrogen (secondary N) is 2. The molecule has 0 atom stereocenters.